The van der Waals surface area contributed by atoms with Gasteiger partial charge < -0.3 is 11.1 Å². The zero-order chi connectivity index (χ0) is 20.0. The Morgan fingerprint density at radius 3 is 2.15 bits per heavy atom. The fourth-order valence-corrected chi connectivity index (χ4v) is 4.20. The summed E-state index contributed by atoms with van der Waals surface area (Å²) in [6, 6.07) is 13.4. The van der Waals surface area contributed by atoms with E-state index in [2.05, 4.69) is 19.2 Å². The maximum absolute atomic E-state index is 12.5. The second-order valence-corrected chi connectivity index (χ2v) is 9.29. The quantitative estimate of drug-likeness (QED) is 0.727. The fraction of sp³-hybridized carbons (Fsp3) is 0.381. The molecule has 5 nitrogen and oxygen atoms in total. The SMILES string of the molecule is Cc1ccc(S(=O)(=O)Cc2ccc(C(=O)NC(CN)CC(C)C)cc2)cc1. The molecule has 1 unspecified atom stereocenters. The highest BCUT2D eigenvalue weighted by molar-refractivity contribution is 7.90. The highest BCUT2D eigenvalue weighted by atomic mass is 32.2. The van der Waals surface area contributed by atoms with E-state index in [1.54, 1.807) is 48.5 Å². The number of carbonyl (C=O) groups is 1. The molecule has 2 aromatic carbocycles. The van der Waals surface area contributed by atoms with Crippen LogP contribution in [-0.2, 0) is 15.6 Å². The van der Waals surface area contributed by atoms with Gasteiger partial charge in [-0.3, -0.25) is 4.79 Å². The first kappa shape index (κ1) is 21.1. The topological polar surface area (TPSA) is 89.3 Å². The Morgan fingerprint density at radius 1 is 1.04 bits per heavy atom. The van der Waals surface area contributed by atoms with Crippen molar-refractivity contribution < 1.29 is 13.2 Å². The number of hydrogen-bond donors (Lipinski definition) is 2. The van der Waals surface area contributed by atoms with Gasteiger partial charge in [-0.05, 0) is 49.1 Å². The van der Waals surface area contributed by atoms with Crippen molar-refractivity contribution in [3.63, 3.8) is 0 Å². The molecule has 2 aromatic rings. The number of benzene rings is 2. The summed E-state index contributed by atoms with van der Waals surface area (Å²) < 4.78 is 25.1. The maximum Gasteiger partial charge on any atom is 0.251 e. The van der Waals surface area contributed by atoms with Crippen LogP contribution in [0.1, 0.15) is 41.8 Å². The molecule has 0 saturated carbocycles. The third kappa shape index (κ3) is 6.19. The molecular formula is C21H28N2O3S. The van der Waals surface area contributed by atoms with Gasteiger partial charge in [0.15, 0.2) is 9.84 Å². The summed E-state index contributed by atoms with van der Waals surface area (Å²) in [5, 5.41) is 2.93. The molecule has 0 aliphatic rings. The molecule has 6 heteroatoms. The number of sulfone groups is 1. The summed E-state index contributed by atoms with van der Waals surface area (Å²) in [6.45, 7) is 6.46. The summed E-state index contributed by atoms with van der Waals surface area (Å²) in [5.41, 5.74) is 7.87. The lowest BCUT2D eigenvalue weighted by Gasteiger charge is -2.18. The molecule has 0 heterocycles. The predicted octanol–water partition coefficient (Wildman–Crippen LogP) is 3.07. The molecule has 0 saturated heterocycles. The molecule has 27 heavy (non-hydrogen) atoms. The Morgan fingerprint density at radius 2 is 1.63 bits per heavy atom. The van der Waals surface area contributed by atoms with E-state index in [0.717, 1.165) is 12.0 Å². The molecule has 2 rings (SSSR count). The summed E-state index contributed by atoms with van der Waals surface area (Å²) in [6.07, 6.45) is 0.815. The van der Waals surface area contributed by atoms with Crippen LogP contribution < -0.4 is 11.1 Å². The van der Waals surface area contributed by atoms with Gasteiger partial charge in [-0.15, -0.1) is 0 Å². The average molecular weight is 389 g/mol. The van der Waals surface area contributed by atoms with Gasteiger partial charge in [0.25, 0.3) is 5.91 Å². The van der Waals surface area contributed by atoms with Crippen molar-refractivity contribution in [3.05, 3.63) is 65.2 Å². The molecule has 0 aromatic heterocycles. The second kappa shape index (κ2) is 9.15. The first-order chi connectivity index (χ1) is 12.7. The minimum absolute atomic E-state index is 0.0703. The van der Waals surface area contributed by atoms with Crippen LogP contribution in [0.25, 0.3) is 0 Å². The second-order valence-electron chi connectivity index (χ2n) is 7.30. The van der Waals surface area contributed by atoms with Crippen LogP contribution in [0.15, 0.2) is 53.4 Å². The number of aryl methyl sites for hydroxylation is 1. The maximum atomic E-state index is 12.5. The number of carbonyl (C=O) groups excluding carboxylic acids is 1. The van der Waals surface area contributed by atoms with Crippen LogP contribution >= 0.6 is 0 Å². The van der Waals surface area contributed by atoms with Crippen LogP contribution in [0.3, 0.4) is 0 Å². The Hall–Kier alpha value is -2.18. The third-order valence-corrected chi connectivity index (χ3v) is 6.03. The van der Waals surface area contributed by atoms with E-state index in [-0.39, 0.29) is 17.7 Å². The van der Waals surface area contributed by atoms with E-state index in [0.29, 0.717) is 28.5 Å². The summed E-state index contributed by atoms with van der Waals surface area (Å²) >= 11 is 0. The standard InChI is InChI=1S/C21H28N2O3S/c1-15(2)12-19(13-22)23-21(24)18-8-6-17(7-9-18)14-27(25,26)20-10-4-16(3)5-11-20/h4-11,15,19H,12-14,22H2,1-3H3,(H,23,24). The molecule has 0 fully saturated rings. The summed E-state index contributed by atoms with van der Waals surface area (Å²) in [7, 11) is -3.42. The Kier molecular flexibility index (Phi) is 7.16. The highest BCUT2D eigenvalue weighted by Crippen LogP contribution is 2.17. The van der Waals surface area contributed by atoms with Crippen molar-refractivity contribution in [1.82, 2.24) is 5.32 Å². The van der Waals surface area contributed by atoms with Gasteiger partial charge >= 0.3 is 0 Å². The lowest BCUT2D eigenvalue weighted by Crippen LogP contribution is -2.41. The minimum Gasteiger partial charge on any atom is -0.348 e. The van der Waals surface area contributed by atoms with Crippen molar-refractivity contribution in [2.24, 2.45) is 11.7 Å². The predicted molar refractivity (Wildman–Crippen MR) is 108 cm³/mol. The van der Waals surface area contributed by atoms with Crippen molar-refractivity contribution >= 4 is 15.7 Å². The molecule has 0 aliphatic carbocycles. The molecule has 0 radical (unpaired) electrons. The number of rotatable bonds is 8. The summed E-state index contributed by atoms with van der Waals surface area (Å²) in [4.78, 5) is 12.7. The van der Waals surface area contributed by atoms with Crippen molar-refractivity contribution in [3.8, 4) is 0 Å². The van der Waals surface area contributed by atoms with Gasteiger partial charge in [-0.25, -0.2) is 8.42 Å². The first-order valence-corrected chi connectivity index (χ1v) is 10.8. The van der Waals surface area contributed by atoms with Crippen molar-refractivity contribution in [2.75, 3.05) is 6.54 Å². The lowest BCUT2D eigenvalue weighted by molar-refractivity contribution is 0.0933. The highest BCUT2D eigenvalue weighted by Gasteiger charge is 2.17. The van der Waals surface area contributed by atoms with Gasteiger partial charge in [-0.2, -0.15) is 0 Å². The Bertz CT molecular complexity index is 857. The molecule has 146 valence electrons. The van der Waals surface area contributed by atoms with E-state index >= 15 is 0 Å². The Labute approximate surface area is 161 Å². The monoisotopic (exact) mass is 388 g/mol. The van der Waals surface area contributed by atoms with Crippen molar-refractivity contribution in [1.29, 1.82) is 0 Å². The van der Waals surface area contributed by atoms with Crippen LogP contribution in [0.4, 0.5) is 0 Å². The normalized spacial score (nSPS) is 12.8. The molecule has 0 bridgehead atoms. The first-order valence-electron chi connectivity index (χ1n) is 9.10. The van der Waals surface area contributed by atoms with Gasteiger partial charge in [-0.1, -0.05) is 43.7 Å². The van der Waals surface area contributed by atoms with Gasteiger partial charge in [0, 0.05) is 18.2 Å². The van der Waals surface area contributed by atoms with Crippen LogP contribution in [0, 0.1) is 12.8 Å². The molecule has 1 atom stereocenters. The zero-order valence-corrected chi connectivity index (χ0v) is 16.9. The third-order valence-electron chi connectivity index (χ3n) is 4.33. The smallest absolute Gasteiger partial charge is 0.251 e. The number of nitrogens with two attached hydrogens (primary N) is 1. The van der Waals surface area contributed by atoms with Gasteiger partial charge in [0.1, 0.15) is 0 Å². The summed E-state index contributed by atoms with van der Waals surface area (Å²) in [5.74, 6) is 0.142. The number of hydrogen-bond acceptors (Lipinski definition) is 4. The van der Waals surface area contributed by atoms with Gasteiger partial charge in [0.05, 0.1) is 10.6 Å². The van der Waals surface area contributed by atoms with Gasteiger partial charge in [0.2, 0.25) is 0 Å². The number of nitrogens with one attached hydrogen (secondary N) is 1. The fourth-order valence-electron chi connectivity index (χ4n) is 2.85. The van der Waals surface area contributed by atoms with Crippen LogP contribution in [0.5, 0.6) is 0 Å². The molecular weight excluding hydrogens is 360 g/mol. The zero-order valence-electron chi connectivity index (χ0n) is 16.1. The van der Waals surface area contributed by atoms with Crippen LogP contribution in [0.2, 0.25) is 0 Å². The minimum atomic E-state index is -3.42. The van der Waals surface area contributed by atoms with E-state index in [1.165, 1.54) is 0 Å². The van der Waals surface area contributed by atoms with E-state index < -0.39 is 9.84 Å². The lowest BCUT2D eigenvalue weighted by atomic mass is 10.0. The van der Waals surface area contributed by atoms with E-state index in [9.17, 15) is 13.2 Å². The number of amides is 1. The Balaban J connectivity index is 2.06. The largest absolute Gasteiger partial charge is 0.348 e. The van der Waals surface area contributed by atoms with E-state index in [4.69, 9.17) is 5.73 Å². The average Bonchev–Trinajstić information content (AvgIpc) is 2.61. The van der Waals surface area contributed by atoms with Crippen molar-refractivity contribution in [2.45, 2.75) is 43.9 Å². The van der Waals surface area contributed by atoms with Crippen LogP contribution in [-0.4, -0.2) is 26.9 Å². The van der Waals surface area contributed by atoms with E-state index in [1.807, 2.05) is 6.92 Å². The molecule has 1 amide bonds. The molecule has 3 N–H and O–H groups in total. The molecule has 0 spiro atoms. The molecule has 0 aliphatic heterocycles.